The summed E-state index contributed by atoms with van der Waals surface area (Å²) in [4.78, 5) is 12.8. The summed E-state index contributed by atoms with van der Waals surface area (Å²) < 4.78 is 2.73. The highest BCUT2D eigenvalue weighted by atomic mass is 16.2. The van der Waals surface area contributed by atoms with E-state index < -0.39 is 0 Å². The zero-order chi connectivity index (χ0) is 17.9. The Balaban J connectivity index is 1.83. The molecule has 128 valence electrons. The van der Waals surface area contributed by atoms with Crippen LogP contribution < -0.4 is 0 Å². The molecule has 0 amide bonds. The smallest absolute Gasteiger partial charge is 0.244 e. The Kier molecular flexibility index (Phi) is 4.19. The number of benzene rings is 2. The predicted octanol–water partition coefficient (Wildman–Crippen LogP) is 4.16. The zero-order valence-corrected chi connectivity index (χ0v) is 14.4. The van der Waals surface area contributed by atoms with Crippen molar-refractivity contribution in [1.82, 2.24) is 19.6 Å². The van der Waals surface area contributed by atoms with Crippen LogP contribution in [0.5, 0.6) is 0 Å². The Morgan fingerprint density at radius 2 is 1.65 bits per heavy atom. The topological polar surface area (TPSA) is 52.7 Å². The first-order valence-corrected chi connectivity index (χ1v) is 8.46. The molecule has 0 saturated carbocycles. The normalized spacial score (nSPS) is 10.8. The van der Waals surface area contributed by atoms with Gasteiger partial charge in [-0.3, -0.25) is 0 Å². The molecule has 4 aromatic rings. The van der Waals surface area contributed by atoms with Gasteiger partial charge in [-0.25, -0.2) is 4.79 Å². The van der Waals surface area contributed by atoms with Gasteiger partial charge in [-0.1, -0.05) is 60.7 Å². The van der Waals surface area contributed by atoms with Gasteiger partial charge in [0.15, 0.2) is 0 Å². The molecule has 5 heteroatoms. The van der Waals surface area contributed by atoms with E-state index in [0.717, 1.165) is 28.1 Å². The lowest BCUT2D eigenvalue weighted by Crippen LogP contribution is -2.22. The fourth-order valence-electron chi connectivity index (χ4n) is 3.12. The largest absolute Gasteiger partial charge is 0.369 e. The molecule has 2 heterocycles. The van der Waals surface area contributed by atoms with Gasteiger partial charge in [0.25, 0.3) is 0 Å². The van der Waals surface area contributed by atoms with Crippen LogP contribution in [0.3, 0.4) is 0 Å². The van der Waals surface area contributed by atoms with Crippen LogP contribution in [0, 0.1) is 6.92 Å². The van der Waals surface area contributed by atoms with Crippen LogP contribution in [0.4, 0.5) is 4.79 Å². The summed E-state index contributed by atoms with van der Waals surface area (Å²) in [5.74, 6) is 0. The molecule has 0 atom stereocenters. The first-order valence-electron chi connectivity index (χ1n) is 8.46. The van der Waals surface area contributed by atoms with Crippen LogP contribution in [-0.2, 0) is 6.42 Å². The number of hydrogen-bond donors (Lipinski definition) is 0. The maximum absolute atomic E-state index is 12.8. The van der Waals surface area contributed by atoms with Gasteiger partial charge in [-0.2, -0.15) is 19.6 Å². The minimum absolute atomic E-state index is 0.288. The molecule has 0 bridgehead atoms. The van der Waals surface area contributed by atoms with E-state index >= 15 is 0 Å². The van der Waals surface area contributed by atoms with Crippen LogP contribution in [-0.4, -0.2) is 25.6 Å². The Morgan fingerprint density at radius 3 is 2.31 bits per heavy atom. The van der Waals surface area contributed by atoms with Gasteiger partial charge < -0.3 is 0 Å². The van der Waals surface area contributed by atoms with E-state index in [4.69, 9.17) is 0 Å². The number of aromatic nitrogens is 4. The van der Waals surface area contributed by atoms with Crippen molar-refractivity contribution in [2.45, 2.75) is 13.3 Å². The van der Waals surface area contributed by atoms with E-state index in [1.165, 1.54) is 9.36 Å². The second-order valence-electron chi connectivity index (χ2n) is 6.08. The van der Waals surface area contributed by atoms with Crippen molar-refractivity contribution in [3.63, 3.8) is 0 Å². The highest BCUT2D eigenvalue weighted by Gasteiger charge is 2.21. The van der Waals surface area contributed by atoms with Gasteiger partial charge in [0.1, 0.15) is 0 Å². The van der Waals surface area contributed by atoms with E-state index in [1.807, 2.05) is 55.5 Å². The summed E-state index contributed by atoms with van der Waals surface area (Å²) in [5, 5.41) is 8.68. The third kappa shape index (κ3) is 2.95. The van der Waals surface area contributed by atoms with Gasteiger partial charge >= 0.3 is 6.03 Å². The molecule has 0 radical (unpaired) electrons. The number of nitrogens with zero attached hydrogens (tertiary/aromatic N) is 4. The molecule has 0 aliphatic carbocycles. The SMILES string of the molecule is Cc1c(-c2ccccc2)c(Cc2ccccc2)nn1C(=O)n1cccn1. The van der Waals surface area contributed by atoms with Gasteiger partial charge in [0, 0.05) is 24.4 Å². The average molecular weight is 342 g/mol. The molecule has 4 rings (SSSR count). The summed E-state index contributed by atoms with van der Waals surface area (Å²) in [5.41, 5.74) is 4.88. The Hall–Kier alpha value is -3.47. The quantitative estimate of drug-likeness (QED) is 0.562. The molecule has 0 spiro atoms. The van der Waals surface area contributed by atoms with Crippen LogP contribution >= 0.6 is 0 Å². The Labute approximate surface area is 151 Å². The van der Waals surface area contributed by atoms with Gasteiger partial charge in [-0.15, -0.1) is 0 Å². The van der Waals surface area contributed by atoms with Crippen molar-refractivity contribution in [2.24, 2.45) is 0 Å². The minimum Gasteiger partial charge on any atom is -0.244 e. The highest BCUT2D eigenvalue weighted by Crippen LogP contribution is 2.29. The number of hydrogen-bond acceptors (Lipinski definition) is 3. The molecular weight excluding hydrogens is 324 g/mol. The Morgan fingerprint density at radius 1 is 0.962 bits per heavy atom. The van der Waals surface area contributed by atoms with Crippen LogP contribution in [0.25, 0.3) is 11.1 Å². The lowest BCUT2D eigenvalue weighted by Gasteiger charge is -2.05. The minimum atomic E-state index is -0.288. The van der Waals surface area contributed by atoms with Crippen molar-refractivity contribution in [2.75, 3.05) is 0 Å². The van der Waals surface area contributed by atoms with Crippen molar-refractivity contribution < 1.29 is 4.79 Å². The number of carbonyl (C=O) groups excluding carboxylic acids is 1. The van der Waals surface area contributed by atoms with Crippen molar-refractivity contribution in [3.05, 3.63) is 96.1 Å². The Bertz CT molecular complexity index is 1020. The summed E-state index contributed by atoms with van der Waals surface area (Å²) in [6.07, 6.45) is 3.87. The molecular formula is C21H18N4O. The first-order chi connectivity index (χ1) is 12.7. The summed E-state index contributed by atoms with van der Waals surface area (Å²) in [6, 6.07) is 21.6. The lowest BCUT2D eigenvalue weighted by atomic mass is 9.99. The number of rotatable bonds is 3. The highest BCUT2D eigenvalue weighted by molar-refractivity contribution is 5.81. The second-order valence-corrected chi connectivity index (χ2v) is 6.08. The molecule has 0 N–H and O–H groups in total. The van der Waals surface area contributed by atoms with E-state index in [0.29, 0.717) is 6.42 Å². The maximum Gasteiger partial charge on any atom is 0.369 e. The molecule has 2 aromatic carbocycles. The maximum atomic E-state index is 12.8. The van der Waals surface area contributed by atoms with E-state index in [1.54, 1.807) is 18.5 Å². The molecule has 0 aliphatic rings. The van der Waals surface area contributed by atoms with E-state index in [2.05, 4.69) is 22.3 Å². The monoisotopic (exact) mass is 342 g/mol. The van der Waals surface area contributed by atoms with Crippen molar-refractivity contribution in [1.29, 1.82) is 0 Å². The van der Waals surface area contributed by atoms with E-state index in [-0.39, 0.29) is 6.03 Å². The average Bonchev–Trinajstić information content (AvgIpc) is 3.31. The van der Waals surface area contributed by atoms with Crippen LogP contribution in [0.2, 0.25) is 0 Å². The predicted molar refractivity (Wildman–Crippen MR) is 100 cm³/mol. The van der Waals surface area contributed by atoms with Crippen LogP contribution in [0.1, 0.15) is 17.0 Å². The van der Waals surface area contributed by atoms with Crippen molar-refractivity contribution >= 4 is 6.03 Å². The second kappa shape index (κ2) is 6.80. The molecule has 2 aromatic heterocycles. The molecule has 0 aliphatic heterocycles. The summed E-state index contributed by atoms with van der Waals surface area (Å²) in [6.45, 7) is 1.92. The van der Waals surface area contributed by atoms with Crippen LogP contribution in [0.15, 0.2) is 79.1 Å². The lowest BCUT2D eigenvalue weighted by molar-refractivity contribution is 0.237. The molecule has 26 heavy (non-hydrogen) atoms. The fourth-order valence-corrected chi connectivity index (χ4v) is 3.12. The van der Waals surface area contributed by atoms with Gasteiger partial charge in [0.05, 0.1) is 11.4 Å². The molecule has 0 unspecified atom stereocenters. The first kappa shape index (κ1) is 16.0. The summed E-state index contributed by atoms with van der Waals surface area (Å²) in [7, 11) is 0. The molecule has 5 nitrogen and oxygen atoms in total. The summed E-state index contributed by atoms with van der Waals surface area (Å²) >= 11 is 0. The van der Waals surface area contributed by atoms with Gasteiger partial charge in [0.2, 0.25) is 0 Å². The number of carbonyl (C=O) groups is 1. The van der Waals surface area contributed by atoms with E-state index in [9.17, 15) is 4.79 Å². The van der Waals surface area contributed by atoms with Gasteiger partial charge in [-0.05, 0) is 24.1 Å². The third-order valence-corrected chi connectivity index (χ3v) is 4.35. The third-order valence-electron chi connectivity index (χ3n) is 4.35. The molecule has 0 fully saturated rings. The molecule has 0 saturated heterocycles. The fraction of sp³-hybridized carbons (Fsp3) is 0.0952. The van der Waals surface area contributed by atoms with Crippen molar-refractivity contribution in [3.8, 4) is 11.1 Å². The standard InChI is InChI=1S/C21H18N4O/c1-16-20(18-11-6-3-7-12-18)19(15-17-9-4-2-5-10-17)23-25(16)21(26)24-14-8-13-22-24/h2-14H,15H2,1H3. The zero-order valence-electron chi connectivity index (χ0n) is 14.4.